The third kappa shape index (κ3) is 3.58. The van der Waals surface area contributed by atoms with Gasteiger partial charge >= 0.3 is 0 Å². The van der Waals surface area contributed by atoms with Crippen LogP contribution in [-0.2, 0) is 16.8 Å². The van der Waals surface area contributed by atoms with Crippen LogP contribution in [0.3, 0.4) is 0 Å². The number of morpholine rings is 1. The van der Waals surface area contributed by atoms with Gasteiger partial charge in [0.1, 0.15) is 0 Å². The predicted octanol–water partition coefficient (Wildman–Crippen LogP) is 1.96. The van der Waals surface area contributed by atoms with E-state index in [1.807, 2.05) is 35.1 Å². The molecule has 0 amide bonds. The fourth-order valence-corrected chi connectivity index (χ4v) is 3.34. The molecular weight excluding hydrogens is 312 g/mol. The van der Waals surface area contributed by atoms with Gasteiger partial charge in [0, 0.05) is 19.3 Å². The molecule has 1 aromatic carbocycles. The summed E-state index contributed by atoms with van der Waals surface area (Å²) in [6.45, 7) is 3.30. The first-order chi connectivity index (χ1) is 12.2. The summed E-state index contributed by atoms with van der Waals surface area (Å²) in [6, 6.07) is 12.3. The van der Waals surface area contributed by atoms with E-state index in [2.05, 4.69) is 35.7 Å². The Labute approximate surface area is 148 Å². The number of rotatable bonds is 4. The van der Waals surface area contributed by atoms with Crippen molar-refractivity contribution in [2.24, 2.45) is 5.73 Å². The molecule has 1 fully saturated rings. The number of benzene rings is 1. The molecule has 4 rings (SSSR count). The lowest BCUT2D eigenvalue weighted by Gasteiger charge is -2.30. The number of nitrogens with one attached hydrogen (secondary N) is 1. The molecule has 5 heteroatoms. The second-order valence-electron chi connectivity index (χ2n) is 6.73. The highest BCUT2D eigenvalue weighted by Crippen LogP contribution is 2.29. The van der Waals surface area contributed by atoms with Crippen LogP contribution in [0.25, 0.3) is 0 Å². The van der Waals surface area contributed by atoms with Gasteiger partial charge in [-0.15, -0.1) is 0 Å². The molecule has 0 radical (unpaired) electrons. The van der Waals surface area contributed by atoms with Gasteiger partial charge in [0.2, 0.25) is 0 Å². The normalized spacial score (nSPS) is 26.4. The predicted molar refractivity (Wildman–Crippen MR) is 98.1 cm³/mol. The molecule has 1 aromatic heterocycles. The molecule has 2 heterocycles. The second kappa shape index (κ2) is 6.96. The van der Waals surface area contributed by atoms with Gasteiger partial charge in [-0.25, -0.2) is 0 Å². The van der Waals surface area contributed by atoms with Crippen molar-refractivity contribution in [3.8, 4) is 0 Å². The van der Waals surface area contributed by atoms with Gasteiger partial charge in [0.25, 0.3) is 0 Å². The molecule has 1 aliphatic carbocycles. The molecule has 1 saturated heterocycles. The van der Waals surface area contributed by atoms with Gasteiger partial charge < -0.3 is 15.8 Å². The van der Waals surface area contributed by atoms with Gasteiger partial charge in [-0.3, -0.25) is 4.68 Å². The summed E-state index contributed by atoms with van der Waals surface area (Å²) in [5.74, 6) is 0. The van der Waals surface area contributed by atoms with Crippen LogP contribution >= 0.6 is 0 Å². The molecule has 0 spiro atoms. The Morgan fingerprint density at radius 1 is 1.28 bits per heavy atom. The number of hydrogen-bond donors (Lipinski definition) is 2. The van der Waals surface area contributed by atoms with Crippen molar-refractivity contribution in [2.75, 3.05) is 19.7 Å². The van der Waals surface area contributed by atoms with Crippen molar-refractivity contribution in [3.05, 3.63) is 77.7 Å². The minimum atomic E-state index is -0.548. The molecule has 0 bridgehead atoms. The summed E-state index contributed by atoms with van der Waals surface area (Å²) in [5, 5.41) is 8.07. The SMILES string of the molecule is N[C@]1(c2ccn(Cc3ccccc3)n2)C=CC(C2CNCCO2)=CC1. The Morgan fingerprint density at radius 2 is 2.16 bits per heavy atom. The molecule has 1 aliphatic heterocycles. The minimum absolute atomic E-state index is 0.130. The van der Waals surface area contributed by atoms with Crippen molar-refractivity contribution in [2.45, 2.75) is 24.6 Å². The third-order valence-corrected chi connectivity index (χ3v) is 4.85. The quantitative estimate of drug-likeness (QED) is 0.896. The molecule has 3 N–H and O–H groups in total. The van der Waals surface area contributed by atoms with Gasteiger partial charge in [0.05, 0.1) is 30.5 Å². The maximum absolute atomic E-state index is 6.62. The largest absolute Gasteiger partial charge is 0.371 e. The van der Waals surface area contributed by atoms with Gasteiger partial charge in [-0.1, -0.05) is 48.6 Å². The molecule has 2 aromatic rings. The molecule has 1 unspecified atom stereocenters. The number of nitrogens with zero attached hydrogens (tertiary/aromatic N) is 2. The summed E-state index contributed by atoms with van der Waals surface area (Å²) in [7, 11) is 0. The van der Waals surface area contributed by atoms with Gasteiger partial charge in [-0.05, 0) is 23.6 Å². The third-order valence-electron chi connectivity index (χ3n) is 4.85. The van der Waals surface area contributed by atoms with Crippen LogP contribution in [0.1, 0.15) is 17.7 Å². The zero-order chi connectivity index (χ0) is 17.1. The van der Waals surface area contributed by atoms with Crippen LogP contribution in [0.15, 0.2) is 66.4 Å². The Morgan fingerprint density at radius 3 is 2.88 bits per heavy atom. The average Bonchev–Trinajstić information content (AvgIpc) is 3.13. The van der Waals surface area contributed by atoms with Crippen LogP contribution in [0.4, 0.5) is 0 Å². The molecule has 25 heavy (non-hydrogen) atoms. The van der Waals surface area contributed by atoms with Crippen LogP contribution in [0.2, 0.25) is 0 Å². The summed E-state index contributed by atoms with van der Waals surface area (Å²) in [4.78, 5) is 0. The highest BCUT2D eigenvalue weighted by Gasteiger charge is 2.30. The van der Waals surface area contributed by atoms with Crippen LogP contribution < -0.4 is 11.1 Å². The van der Waals surface area contributed by atoms with Crippen LogP contribution in [0.5, 0.6) is 0 Å². The lowest BCUT2D eigenvalue weighted by Crippen LogP contribution is -2.41. The average molecular weight is 336 g/mol. The molecule has 0 saturated carbocycles. The Balaban J connectivity index is 1.45. The monoisotopic (exact) mass is 336 g/mol. The zero-order valence-electron chi connectivity index (χ0n) is 14.3. The van der Waals surface area contributed by atoms with E-state index in [4.69, 9.17) is 15.6 Å². The van der Waals surface area contributed by atoms with E-state index >= 15 is 0 Å². The van der Waals surface area contributed by atoms with Crippen LogP contribution in [-0.4, -0.2) is 35.6 Å². The number of hydrogen-bond acceptors (Lipinski definition) is 4. The first-order valence-corrected chi connectivity index (χ1v) is 8.81. The summed E-state index contributed by atoms with van der Waals surface area (Å²) < 4.78 is 7.76. The standard InChI is InChI=1S/C20H24N4O/c21-20(9-6-17(7-10-20)18-14-22-11-13-25-18)19-8-12-24(23-19)15-16-4-2-1-3-5-16/h1-9,12,18,22H,10-11,13-15,21H2/t18?,20-/m1/s1. The van der Waals surface area contributed by atoms with E-state index in [-0.39, 0.29) is 6.10 Å². The second-order valence-corrected chi connectivity index (χ2v) is 6.73. The zero-order valence-corrected chi connectivity index (χ0v) is 14.3. The van der Waals surface area contributed by atoms with E-state index in [9.17, 15) is 0 Å². The van der Waals surface area contributed by atoms with Crippen molar-refractivity contribution < 1.29 is 4.74 Å². The fraction of sp³-hybridized carbons (Fsp3) is 0.350. The highest BCUT2D eigenvalue weighted by molar-refractivity contribution is 5.36. The highest BCUT2D eigenvalue weighted by atomic mass is 16.5. The Kier molecular flexibility index (Phi) is 4.53. The molecule has 5 nitrogen and oxygen atoms in total. The molecule has 130 valence electrons. The Hall–Kier alpha value is -2.21. The van der Waals surface area contributed by atoms with Crippen molar-refractivity contribution in [3.63, 3.8) is 0 Å². The summed E-state index contributed by atoms with van der Waals surface area (Å²) in [6.07, 6.45) is 9.21. The van der Waals surface area contributed by atoms with E-state index in [1.165, 1.54) is 11.1 Å². The van der Waals surface area contributed by atoms with E-state index < -0.39 is 5.54 Å². The van der Waals surface area contributed by atoms with E-state index in [0.29, 0.717) is 0 Å². The van der Waals surface area contributed by atoms with E-state index in [1.54, 1.807) is 0 Å². The van der Waals surface area contributed by atoms with E-state index in [0.717, 1.165) is 38.4 Å². The van der Waals surface area contributed by atoms with Gasteiger partial charge in [0.15, 0.2) is 0 Å². The molecule has 2 atom stereocenters. The number of aromatic nitrogens is 2. The first-order valence-electron chi connectivity index (χ1n) is 8.81. The Bertz CT molecular complexity index is 774. The number of ether oxygens (including phenoxy) is 1. The topological polar surface area (TPSA) is 65.1 Å². The summed E-state index contributed by atoms with van der Waals surface area (Å²) in [5.41, 5.74) is 9.40. The van der Waals surface area contributed by atoms with Crippen LogP contribution in [0, 0.1) is 0 Å². The summed E-state index contributed by atoms with van der Waals surface area (Å²) >= 11 is 0. The lowest BCUT2D eigenvalue weighted by molar-refractivity contribution is 0.0534. The fourth-order valence-electron chi connectivity index (χ4n) is 3.34. The minimum Gasteiger partial charge on any atom is -0.371 e. The number of nitrogens with two attached hydrogens (primary N) is 1. The maximum atomic E-state index is 6.62. The first kappa shape index (κ1) is 16.3. The van der Waals surface area contributed by atoms with Crippen molar-refractivity contribution >= 4 is 0 Å². The smallest absolute Gasteiger partial charge is 0.0946 e. The molecular formula is C20H24N4O. The van der Waals surface area contributed by atoms with Crippen molar-refractivity contribution in [1.82, 2.24) is 15.1 Å². The lowest BCUT2D eigenvalue weighted by atomic mass is 9.85. The van der Waals surface area contributed by atoms with Gasteiger partial charge in [-0.2, -0.15) is 5.10 Å². The van der Waals surface area contributed by atoms with Crippen molar-refractivity contribution in [1.29, 1.82) is 0 Å². The molecule has 2 aliphatic rings. The maximum Gasteiger partial charge on any atom is 0.0946 e.